The summed E-state index contributed by atoms with van der Waals surface area (Å²) < 4.78 is 0. The predicted molar refractivity (Wildman–Crippen MR) is 67.2 cm³/mol. The lowest BCUT2D eigenvalue weighted by molar-refractivity contribution is 0.0955. The Labute approximate surface area is 101 Å². The van der Waals surface area contributed by atoms with Crippen LogP contribution in [0.1, 0.15) is 24.2 Å². The van der Waals surface area contributed by atoms with E-state index in [0.29, 0.717) is 18.7 Å². The van der Waals surface area contributed by atoms with Crippen LogP contribution in [0.4, 0.5) is 5.82 Å². The van der Waals surface area contributed by atoms with Gasteiger partial charge in [-0.15, -0.1) is 0 Å². The standard InChI is InChI=1S/C12H19N3O2/c1-4-13-12(17)10-5-6-11(14-7-10)15(3)8-9(2)16/h5-7,9,16H,4,8H2,1-3H3,(H,13,17). The fourth-order valence-corrected chi connectivity index (χ4v) is 1.50. The van der Waals surface area contributed by atoms with Crippen LogP contribution in [-0.4, -0.2) is 42.2 Å². The Morgan fingerprint density at radius 3 is 2.76 bits per heavy atom. The highest BCUT2D eigenvalue weighted by Crippen LogP contribution is 2.09. The van der Waals surface area contributed by atoms with Crippen molar-refractivity contribution in [3.63, 3.8) is 0 Å². The van der Waals surface area contributed by atoms with Crippen molar-refractivity contribution in [1.29, 1.82) is 0 Å². The van der Waals surface area contributed by atoms with E-state index >= 15 is 0 Å². The van der Waals surface area contributed by atoms with Gasteiger partial charge in [-0.3, -0.25) is 4.79 Å². The minimum absolute atomic E-state index is 0.121. The molecule has 5 heteroatoms. The Balaban J connectivity index is 2.70. The summed E-state index contributed by atoms with van der Waals surface area (Å²) in [7, 11) is 1.85. The van der Waals surface area contributed by atoms with E-state index in [1.807, 2.05) is 18.9 Å². The first-order valence-electron chi connectivity index (χ1n) is 5.68. The van der Waals surface area contributed by atoms with Gasteiger partial charge in [0, 0.05) is 26.3 Å². The maximum atomic E-state index is 11.5. The van der Waals surface area contributed by atoms with Crippen molar-refractivity contribution >= 4 is 11.7 Å². The van der Waals surface area contributed by atoms with Crippen LogP contribution in [0.5, 0.6) is 0 Å². The SMILES string of the molecule is CCNC(=O)c1ccc(N(C)CC(C)O)nc1. The number of amides is 1. The lowest BCUT2D eigenvalue weighted by Crippen LogP contribution is -2.28. The third kappa shape index (κ3) is 4.03. The average Bonchev–Trinajstić information content (AvgIpc) is 2.28. The molecule has 0 spiro atoms. The molecule has 1 aromatic heterocycles. The number of aromatic nitrogens is 1. The van der Waals surface area contributed by atoms with Crippen molar-refractivity contribution in [3.8, 4) is 0 Å². The first kappa shape index (κ1) is 13.4. The van der Waals surface area contributed by atoms with Gasteiger partial charge in [-0.25, -0.2) is 4.98 Å². The van der Waals surface area contributed by atoms with Crippen LogP contribution in [0.25, 0.3) is 0 Å². The summed E-state index contributed by atoms with van der Waals surface area (Å²) in [6.45, 7) is 4.70. The van der Waals surface area contributed by atoms with Crippen molar-refractivity contribution in [2.24, 2.45) is 0 Å². The Hall–Kier alpha value is -1.62. The summed E-state index contributed by atoms with van der Waals surface area (Å²) in [5, 5.41) is 12.0. The molecule has 94 valence electrons. The number of aliphatic hydroxyl groups excluding tert-OH is 1. The number of nitrogens with zero attached hydrogens (tertiary/aromatic N) is 2. The molecule has 1 unspecified atom stereocenters. The van der Waals surface area contributed by atoms with Gasteiger partial charge in [-0.2, -0.15) is 0 Å². The van der Waals surface area contributed by atoms with E-state index in [1.165, 1.54) is 0 Å². The number of likely N-dealkylation sites (N-methyl/N-ethyl adjacent to an activating group) is 1. The highest BCUT2D eigenvalue weighted by atomic mass is 16.3. The van der Waals surface area contributed by atoms with Crippen LogP contribution >= 0.6 is 0 Å². The molecule has 0 bridgehead atoms. The molecule has 1 heterocycles. The average molecular weight is 237 g/mol. The van der Waals surface area contributed by atoms with Gasteiger partial charge in [-0.05, 0) is 26.0 Å². The van der Waals surface area contributed by atoms with Crippen LogP contribution in [0, 0.1) is 0 Å². The minimum atomic E-state index is -0.412. The van der Waals surface area contributed by atoms with Crippen LogP contribution in [-0.2, 0) is 0 Å². The van der Waals surface area contributed by atoms with Crippen molar-refractivity contribution in [2.75, 3.05) is 25.0 Å². The molecular formula is C12H19N3O2. The smallest absolute Gasteiger partial charge is 0.252 e. The van der Waals surface area contributed by atoms with Crippen LogP contribution in [0.2, 0.25) is 0 Å². The molecule has 17 heavy (non-hydrogen) atoms. The molecular weight excluding hydrogens is 218 g/mol. The number of nitrogens with one attached hydrogen (secondary N) is 1. The van der Waals surface area contributed by atoms with Gasteiger partial charge < -0.3 is 15.3 Å². The molecule has 0 saturated carbocycles. The van der Waals surface area contributed by atoms with Crippen LogP contribution in [0.15, 0.2) is 18.3 Å². The Morgan fingerprint density at radius 2 is 2.29 bits per heavy atom. The Bertz CT molecular complexity index is 363. The molecule has 1 atom stereocenters. The Morgan fingerprint density at radius 1 is 1.59 bits per heavy atom. The number of hydrogen-bond acceptors (Lipinski definition) is 4. The molecule has 0 aliphatic heterocycles. The van der Waals surface area contributed by atoms with Crippen molar-refractivity contribution in [1.82, 2.24) is 10.3 Å². The number of rotatable bonds is 5. The number of aliphatic hydroxyl groups is 1. The van der Waals surface area contributed by atoms with E-state index in [9.17, 15) is 9.90 Å². The highest BCUT2D eigenvalue weighted by molar-refractivity contribution is 5.93. The number of carbonyl (C=O) groups excluding carboxylic acids is 1. The van der Waals surface area contributed by atoms with E-state index in [4.69, 9.17) is 0 Å². The monoisotopic (exact) mass is 237 g/mol. The maximum Gasteiger partial charge on any atom is 0.252 e. The molecule has 0 aliphatic carbocycles. The molecule has 1 rings (SSSR count). The van der Waals surface area contributed by atoms with Crippen molar-refractivity contribution in [3.05, 3.63) is 23.9 Å². The zero-order chi connectivity index (χ0) is 12.8. The summed E-state index contributed by atoms with van der Waals surface area (Å²) in [5.41, 5.74) is 0.543. The zero-order valence-corrected chi connectivity index (χ0v) is 10.5. The first-order chi connectivity index (χ1) is 8.04. The lowest BCUT2D eigenvalue weighted by Gasteiger charge is -2.19. The summed E-state index contributed by atoms with van der Waals surface area (Å²) >= 11 is 0. The van der Waals surface area contributed by atoms with Gasteiger partial charge in [0.25, 0.3) is 5.91 Å². The second kappa shape index (κ2) is 6.20. The first-order valence-corrected chi connectivity index (χ1v) is 5.68. The molecule has 0 aliphatic rings. The van der Waals surface area contributed by atoms with Gasteiger partial charge in [0.05, 0.1) is 11.7 Å². The number of pyridine rings is 1. The van der Waals surface area contributed by atoms with E-state index in [0.717, 1.165) is 5.82 Å². The molecule has 5 nitrogen and oxygen atoms in total. The largest absolute Gasteiger partial charge is 0.392 e. The molecule has 0 saturated heterocycles. The third-order valence-electron chi connectivity index (χ3n) is 2.28. The molecule has 0 radical (unpaired) electrons. The normalized spacial score (nSPS) is 12.0. The highest BCUT2D eigenvalue weighted by Gasteiger charge is 2.08. The maximum absolute atomic E-state index is 11.5. The topological polar surface area (TPSA) is 65.5 Å². The van der Waals surface area contributed by atoms with Crippen molar-refractivity contribution in [2.45, 2.75) is 20.0 Å². The molecule has 2 N–H and O–H groups in total. The molecule has 0 fully saturated rings. The summed E-state index contributed by atoms with van der Waals surface area (Å²) in [6, 6.07) is 3.50. The third-order valence-corrected chi connectivity index (χ3v) is 2.28. The van der Waals surface area contributed by atoms with Crippen molar-refractivity contribution < 1.29 is 9.90 Å². The predicted octanol–water partition coefficient (Wildman–Crippen LogP) is 0.648. The Kier molecular flexibility index (Phi) is 4.90. The quantitative estimate of drug-likeness (QED) is 0.789. The van der Waals surface area contributed by atoms with Gasteiger partial charge in [0.2, 0.25) is 0 Å². The number of anilines is 1. The van der Waals surface area contributed by atoms with E-state index in [-0.39, 0.29) is 5.91 Å². The second-order valence-electron chi connectivity index (χ2n) is 3.99. The second-order valence-corrected chi connectivity index (χ2v) is 3.99. The van der Waals surface area contributed by atoms with E-state index in [1.54, 1.807) is 25.3 Å². The van der Waals surface area contributed by atoms with Gasteiger partial charge >= 0.3 is 0 Å². The molecule has 1 aromatic rings. The minimum Gasteiger partial charge on any atom is -0.392 e. The number of carbonyl (C=O) groups is 1. The van der Waals surface area contributed by atoms with Gasteiger partial charge in [0.1, 0.15) is 5.82 Å². The summed E-state index contributed by atoms with van der Waals surface area (Å²) in [4.78, 5) is 17.5. The van der Waals surface area contributed by atoms with Gasteiger partial charge in [-0.1, -0.05) is 0 Å². The van der Waals surface area contributed by atoms with E-state index < -0.39 is 6.10 Å². The lowest BCUT2D eigenvalue weighted by atomic mass is 10.2. The van der Waals surface area contributed by atoms with Crippen LogP contribution < -0.4 is 10.2 Å². The molecule has 0 aromatic carbocycles. The fourth-order valence-electron chi connectivity index (χ4n) is 1.50. The summed E-state index contributed by atoms with van der Waals surface area (Å²) in [5.74, 6) is 0.615. The summed E-state index contributed by atoms with van der Waals surface area (Å²) in [6.07, 6.45) is 1.13. The van der Waals surface area contributed by atoms with Crippen LogP contribution in [0.3, 0.4) is 0 Å². The fraction of sp³-hybridized carbons (Fsp3) is 0.500. The zero-order valence-electron chi connectivity index (χ0n) is 10.5. The van der Waals surface area contributed by atoms with E-state index in [2.05, 4.69) is 10.3 Å². The molecule has 1 amide bonds. The van der Waals surface area contributed by atoms with Gasteiger partial charge in [0.15, 0.2) is 0 Å². The number of hydrogen-bond donors (Lipinski definition) is 2.